The number of sulfonamides is 1. The summed E-state index contributed by atoms with van der Waals surface area (Å²) >= 11 is 0. The van der Waals surface area contributed by atoms with Crippen molar-refractivity contribution in [3.63, 3.8) is 0 Å². The highest BCUT2D eigenvalue weighted by Crippen LogP contribution is 2.33. The number of nitrogens with zero attached hydrogens (tertiary/aromatic N) is 1. The summed E-state index contributed by atoms with van der Waals surface area (Å²) in [7, 11) is -4.35. The zero-order valence-electron chi connectivity index (χ0n) is 13.8. The van der Waals surface area contributed by atoms with Crippen LogP contribution in [0.2, 0.25) is 0 Å². The number of hydrogen-bond donors (Lipinski definition) is 1. The third kappa shape index (κ3) is 5.18. The number of nitrogens with one attached hydrogen (secondary N) is 1. The number of carbonyl (C=O) groups excluding carboxylic acids is 1. The Morgan fingerprint density at radius 3 is 2.64 bits per heavy atom. The van der Waals surface area contributed by atoms with E-state index in [2.05, 4.69) is 4.72 Å². The molecule has 2 rings (SSSR count). The summed E-state index contributed by atoms with van der Waals surface area (Å²) in [4.78, 5) is 12.9. The summed E-state index contributed by atoms with van der Waals surface area (Å²) in [5.41, 5.74) is -1.22. The predicted octanol–water partition coefficient (Wildman–Crippen LogP) is 2.63. The molecule has 25 heavy (non-hydrogen) atoms. The number of piperidine rings is 1. The van der Waals surface area contributed by atoms with E-state index in [9.17, 15) is 26.4 Å². The van der Waals surface area contributed by atoms with Gasteiger partial charge in [0.15, 0.2) is 0 Å². The SMILES string of the molecule is CC1CCCN(C(=O)CCNS(=O)(=O)c2ccccc2C(F)(F)F)C1. The van der Waals surface area contributed by atoms with Crippen LogP contribution in [0.4, 0.5) is 13.2 Å². The van der Waals surface area contributed by atoms with Crippen molar-refractivity contribution in [3.05, 3.63) is 29.8 Å². The van der Waals surface area contributed by atoms with Crippen molar-refractivity contribution >= 4 is 15.9 Å². The fourth-order valence-electron chi connectivity index (χ4n) is 2.88. The van der Waals surface area contributed by atoms with E-state index >= 15 is 0 Å². The Morgan fingerprint density at radius 2 is 2.00 bits per heavy atom. The molecule has 5 nitrogen and oxygen atoms in total. The average molecular weight is 378 g/mol. The molecule has 1 unspecified atom stereocenters. The molecule has 9 heteroatoms. The van der Waals surface area contributed by atoms with Gasteiger partial charge < -0.3 is 4.90 Å². The van der Waals surface area contributed by atoms with Gasteiger partial charge in [-0.1, -0.05) is 19.1 Å². The van der Waals surface area contributed by atoms with E-state index in [1.807, 2.05) is 6.92 Å². The molecule has 1 amide bonds. The second kappa shape index (κ2) is 7.74. The molecule has 1 aromatic rings. The monoisotopic (exact) mass is 378 g/mol. The molecule has 0 aliphatic carbocycles. The zero-order chi connectivity index (χ0) is 18.7. The van der Waals surface area contributed by atoms with Crippen LogP contribution < -0.4 is 4.72 Å². The van der Waals surface area contributed by atoms with Crippen LogP contribution >= 0.6 is 0 Å². The maximum Gasteiger partial charge on any atom is 0.417 e. The average Bonchev–Trinajstić information content (AvgIpc) is 2.54. The second-order valence-electron chi connectivity index (χ2n) is 6.23. The van der Waals surface area contributed by atoms with Crippen LogP contribution in [-0.2, 0) is 21.0 Å². The third-order valence-electron chi connectivity index (χ3n) is 4.12. The Kier molecular flexibility index (Phi) is 6.10. The first-order chi connectivity index (χ1) is 11.6. The van der Waals surface area contributed by atoms with Crippen molar-refractivity contribution in [2.45, 2.75) is 37.3 Å². The molecule has 0 bridgehead atoms. The Labute approximate surface area is 145 Å². The zero-order valence-corrected chi connectivity index (χ0v) is 14.7. The van der Waals surface area contributed by atoms with E-state index < -0.39 is 26.7 Å². The smallest absolute Gasteiger partial charge is 0.342 e. The molecule has 1 saturated heterocycles. The fourth-order valence-corrected chi connectivity index (χ4v) is 4.14. The molecular weight excluding hydrogens is 357 g/mol. The van der Waals surface area contributed by atoms with Crippen molar-refractivity contribution in [3.8, 4) is 0 Å². The highest BCUT2D eigenvalue weighted by atomic mass is 32.2. The lowest BCUT2D eigenvalue weighted by Crippen LogP contribution is -2.40. The number of hydrogen-bond acceptors (Lipinski definition) is 3. The highest BCUT2D eigenvalue weighted by Gasteiger charge is 2.36. The molecule has 0 spiro atoms. The molecular formula is C16H21F3N2O3S. The topological polar surface area (TPSA) is 66.5 Å². The van der Waals surface area contributed by atoms with Gasteiger partial charge in [0, 0.05) is 26.1 Å². The molecule has 0 saturated carbocycles. The van der Waals surface area contributed by atoms with E-state index in [0.717, 1.165) is 31.0 Å². The van der Waals surface area contributed by atoms with E-state index in [0.29, 0.717) is 19.0 Å². The van der Waals surface area contributed by atoms with Gasteiger partial charge in [-0.15, -0.1) is 0 Å². The number of rotatable bonds is 5. The van der Waals surface area contributed by atoms with Crippen LogP contribution in [0, 0.1) is 5.92 Å². The molecule has 1 aliphatic rings. The Balaban J connectivity index is 2.00. The summed E-state index contributed by atoms with van der Waals surface area (Å²) in [6, 6.07) is 3.97. The number of benzene rings is 1. The third-order valence-corrected chi connectivity index (χ3v) is 5.64. The number of alkyl halides is 3. The van der Waals surface area contributed by atoms with Gasteiger partial charge in [-0.05, 0) is 30.9 Å². The molecule has 1 N–H and O–H groups in total. The molecule has 1 heterocycles. The van der Waals surface area contributed by atoms with Crippen LogP contribution in [0.15, 0.2) is 29.2 Å². The maximum absolute atomic E-state index is 13.0. The Morgan fingerprint density at radius 1 is 1.32 bits per heavy atom. The van der Waals surface area contributed by atoms with Crippen molar-refractivity contribution in [2.24, 2.45) is 5.92 Å². The van der Waals surface area contributed by atoms with E-state index in [1.54, 1.807) is 4.90 Å². The predicted molar refractivity (Wildman–Crippen MR) is 86.2 cm³/mol. The first-order valence-corrected chi connectivity index (χ1v) is 9.53. The van der Waals surface area contributed by atoms with Gasteiger partial charge in [-0.25, -0.2) is 13.1 Å². The lowest BCUT2D eigenvalue weighted by Gasteiger charge is -2.31. The summed E-state index contributed by atoms with van der Waals surface area (Å²) < 4.78 is 65.3. The van der Waals surface area contributed by atoms with Gasteiger partial charge in [0.05, 0.1) is 10.5 Å². The van der Waals surface area contributed by atoms with Crippen LogP contribution in [0.25, 0.3) is 0 Å². The number of carbonyl (C=O) groups is 1. The quantitative estimate of drug-likeness (QED) is 0.857. The van der Waals surface area contributed by atoms with Gasteiger partial charge in [0.25, 0.3) is 0 Å². The van der Waals surface area contributed by atoms with Crippen molar-refractivity contribution in [1.29, 1.82) is 0 Å². The lowest BCUT2D eigenvalue weighted by atomic mass is 10.0. The normalized spacial score (nSPS) is 19.0. The standard InChI is InChI=1S/C16H21F3N2O3S/c1-12-5-4-10-21(11-12)15(22)8-9-20-25(23,24)14-7-3-2-6-13(14)16(17,18)19/h2-3,6-7,12,20H,4-5,8-11H2,1H3. The minimum absolute atomic E-state index is 0.0832. The summed E-state index contributed by atoms with van der Waals surface area (Å²) in [6.07, 6.45) is -2.91. The molecule has 140 valence electrons. The van der Waals surface area contributed by atoms with Crippen molar-refractivity contribution in [1.82, 2.24) is 9.62 Å². The van der Waals surface area contributed by atoms with E-state index in [1.165, 1.54) is 6.07 Å². The number of amides is 1. The molecule has 1 atom stereocenters. The van der Waals surface area contributed by atoms with Gasteiger partial charge in [-0.3, -0.25) is 4.79 Å². The van der Waals surface area contributed by atoms with Gasteiger partial charge in [0.1, 0.15) is 0 Å². The lowest BCUT2D eigenvalue weighted by molar-refractivity contribution is -0.140. The van der Waals surface area contributed by atoms with Gasteiger partial charge in [0.2, 0.25) is 15.9 Å². The van der Waals surface area contributed by atoms with Crippen LogP contribution in [0.1, 0.15) is 31.7 Å². The van der Waals surface area contributed by atoms with Crippen LogP contribution in [0.5, 0.6) is 0 Å². The first kappa shape index (κ1) is 19.7. The number of likely N-dealkylation sites (tertiary alicyclic amines) is 1. The molecule has 1 aliphatic heterocycles. The fraction of sp³-hybridized carbons (Fsp3) is 0.562. The minimum Gasteiger partial charge on any atom is -0.342 e. The Bertz CT molecular complexity index is 720. The van der Waals surface area contributed by atoms with Crippen molar-refractivity contribution < 1.29 is 26.4 Å². The highest BCUT2D eigenvalue weighted by molar-refractivity contribution is 7.89. The van der Waals surface area contributed by atoms with Crippen LogP contribution in [-0.4, -0.2) is 38.9 Å². The maximum atomic E-state index is 13.0. The van der Waals surface area contributed by atoms with Gasteiger partial charge in [-0.2, -0.15) is 13.2 Å². The minimum atomic E-state index is -4.77. The van der Waals surface area contributed by atoms with E-state index in [-0.39, 0.29) is 18.9 Å². The molecule has 0 radical (unpaired) electrons. The summed E-state index contributed by atoms with van der Waals surface area (Å²) in [5.74, 6) is 0.200. The molecule has 1 fully saturated rings. The first-order valence-electron chi connectivity index (χ1n) is 8.05. The molecule has 1 aromatic carbocycles. The van der Waals surface area contributed by atoms with Crippen molar-refractivity contribution in [2.75, 3.05) is 19.6 Å². The summed E-state index contributed by atoms with van der Waals surface area (Å²) in [5, 5.41) is 0. The second-order valence-corrected chi connectivity index (χ2v) is 7.96. The van der Waals surface area contributed by atoms with Crippen LogP contribution in [0.3, 0.4) is 0 Å². The largest absolute Gasteiger partial charge is 0.417 e. The summed E-state index contributed by atoms with van der Waals surface area (Å²) in [6.45, 7) is 3.06. The van der Waals surface area contributed by atoms with Gasteiger partial charge >= 0.3 is 6.18 Å². The van der Waals surface area contributed by atoms with E-state index in [4.69, 9.17) is 0 Å². The Hall–Kier alpha value is -1.61. The molecule has 0 aromatic heterocycles. The number of halogens is 3.